The maximum Gasteiger partial charge on any atom is 0.241 e. The Balaban J connectivity index is 3.16. The molecule has 120 valence electrons. The Kier molecular flexibility index (Phi) is 5.34. The number of hydrogen-bond acceptors (Lipinski definition) is 2. The van der Waals surface area contributed by atoms with Crippen LogP contribution in [0.25, 0.3) is 0 Å². The minimum Gasteiger partial charge on any atom is -0.207 e. The van der Waals surface area contributed by atoms with E-state index >= 15 is 0 Å². The van der Waals surface area contributed by atoms with Gasteiger partial charge in [-0.2, -0.15) is 0 Å². The summed E-state index contributed by atoms with van der Waals surface area (Å²) in [5.41, 5.74) is 1.34. The minimum absolute atomic E-state index is 0.0505. The van der Waals surface area contributed by atoms with E-state index in [1.165, 1.54) is 0 Å². The highest BCUT2D eigenvalue weighted by Gasteiger charge is 2.31. The molecule has 0 unspecified atom stereocenters. The summed E-state index contributed by atoms with van der Waals surface area (Å²) in [4.78, 5) is 0.335. The summed E-state index contributed by atoms with van der Waals surface area (Å²) in [6.45, 7) is 13.9. The first-order chi connectivity index (χ1) is 9.23. The number of sulfonamides is 1. The van der Waals surface area contributed by atoms with E-state index in [0.717, 1.165) is 22.0 Å². The fourth-order valence-electron chi connectivity index (χ4n) is 2.88. The lowest BCUT2D eigenvalue weighted by Crippen LogP contribution is -2.45. The van der Waals surface area contributed by atoms with Crippen LogP contribution in [-0.2, 0) is 10.0 Å². The smallest absolute Gasteiger partial charge is 0.207 e. The lowest BCUT2D eigenvalue weighted by molar-refractivity contribution is 0.269. The highest BCUT2D eigenvalue weighted by atomic mass is 79.9. The summed E-state index contributed by atoms with van der Waals surface area (Å²) in [5, 5.41) is 0. The van der Waals surface area contributed by atoms with E-state index in [2.05, 4.69) is 41.4 Å². The second-order valence-electron chi connectivity index (χ2n) is 7.59. The molecule has 0 aliphatic heterocycles. The van der Waals surface area contributed by atoms with Crippen LogP contribution in [0.5, 0.6) is 0 Å². The van der Waals surface area contributed by atoms with Crippen LogP contribution < -0.4 is 4.72 Å². The van der Waals surface area contributed by atoms with Crippen molar-refractivity contribution in [2.75, 3.05) is 0 Å². The molecule has 0 aliphatic carbocycles. The van der Waals surface area contributed by atoms with Crippen LogP contribution in [0.3, 0.4) is 0 Å². The van der Waals surface area contributed by atoms with Crippen molar-refractivity contribution in [1.29, 1.82) is 0 Å². The molecule has 1 aromatic carbocycles. The summed E-state index contributed by atoms with van der Waals surface area (Å²) in [5.74, 6) is 0. The summed E-state index contributed by atoms with van der Waals surface area (Å²) >= 11 is 3.41. The first-order valence-electron chi connectivity index (χ1n) is 7.04. The molecule has 1 N–H and O–H groups in total. The molecule has 0 radical (unpaired) electrons. The molecule has 5 heteroatoms. The normalized spacial score (nSPS) is 13.5. The van der Waals surface area contributed by atoms with Crippen LogP contribution in [0.2, 0.25) is 0 Å². The van der Waals surface area contributed by atoms with E-state index in [9.17, 15) is 8.42 Å². The first kappa shape index (κ1) is 18.7. The van der Waals surface area contributed by atoms with Gasteiger partial charge in [0.25, 0.3) is 0 Å². The quantitative estimate of drug-likeness (QED) is 0.837. The Hall–Kier alpha value is -0.390. The SMILES string of the molecule is Cc1cc(C)c(S(=O)(=O)NC(C)(C)CC(C)(C)C)cc1Br. The molecule has 0 aromatic heterocycles. The predicted molar refractivity (Wildman–Crippen MR) is 92.1 cm³/mol. The van der Waals surface area contributed by atoms with Gasteiger partial charge in [-0.25, -0.2) is 13.1 Å². The molecular weight excluding hydrogens is 350 g/mol. The topological polar surface area (TPSA) is 46.2 Å². The van der Waals surface area contributed by atoms with E-state index in [-0.39, 0.29) is 5.41 Å². The molecule has 1 aromatic rings. The molecule has 0 saturated heterocycles. The predicted octanol–water partition coefficient (Wildman–Crippen LogP) is 4.56. The van der Waals surface area contributed by atoms with Gasteiger partial charge in [0.1, 0.15) is 0 Å². The van der Waals surface area contributed by atoms with Gasteiger partial charge in [-0.15, -0.1) is 0 Å². The van der Waals surface area contributed by atoms with Crippen molar-refractivity contribution in [3.63, 3.8) is 0 Å². The van der Waals surface area contributed by atoms with Gasteiger partial charge in [-0.3, -0.25) is 0 Å². The molecule has 0 heterocycles. The Morgan fingerprint density at radius 2 is 1.57 bits per heavy atom. The second kappa shape index (κ2) is 6.01. The number of halogens is 1. The van der Waals surface area contributed by atoms with Crippen LogP contribution in [0.15, 0.2) is 21.5 Å². The summed E-state index contributed by atoms with van der Waals surface area (Å²) < 4.78 is 29.0. The zero-order valence-corrected chi connectivity index (χ0v) is 16.4. The largest absolute Gasteiger partial charge is 0.241 e. The van der Waals surface area contributed by atoms with E-state index in [1.807, 2.05) is 33.8 Å². The molecule has 0 saturated carbocycles. The number of rotatable bonds is 4. The number of aryl methyl sites for hydroxylation is 2. The molecule has 0 amide bonds. The fraction of sp³-hybridized carbons (Fsp3) is 0.625. The van der Waals surface area contributed by atoms with Crippen molar-refractivity contribution >= 4 is 26.0 Å². The lowest BCUT2D eigenvalue weighted by Gasteiger charge is -2.33. The zero-order valence-electron chi connectivity index (χ0n) is 14.0. The maximum absolute atomic E-state index is 12.7. The van der Waals surface area contributed by atoms with Crippen molar-refractivity contribution in [2.45, 2.75) is 65.3 Å². The third-order valence-corrected chi connectivity index (χ3v) is 5.82. The fourth-order valence-corrected chi connectivity index (χ4v) is 5.04. The van der Waals surface area contributed by atoms with E-state index < -0.39 is 15.6 Å². The molecule has 1 rings (SSSR count). The van der Waals surface area contributed by atoms with Gasteiger partial charge in [-0.05, 0) is 56.7 Å². The number of benzene rings is 1. The molecular formula is C16H26BrNO2S. The Bertz CT molecular complexity index is 628. The van der Waals surface area contributed by atoms with Gasteiger partial charge in [-0.1, -0.05) is 42.8 Å². The summed E-state index contributed by atoms with van der Waals surface area (Å²) in [6.07, 6.45) is 0.755. The van der Waals surface area contributed by atoms with Gasteiger partial charge in [0.15, 0.2) is 0 Å². The van der Waals surface area contributed by atoms with E-state index in [0.29, 0.717) is 4.90 Å². The number of nitrogens with one attached hydrogen (secondary N) is 1. The van der Waals surface area contributed by atoms with E-state index in [4.69, 9.17) is 0 Å². The standard InChI is InChI=1S/C16H26BrNO2S/c1-11-8-12(2)14(9-13(11)17)21(19,20)18-16(6,7)10-15(3,4)5/h8-9,18H,10H2,1-7H3. The van der Waals surface area contributed by atoms with Gasteiger partial charge in [0, 0.05) is 10.0 Å². The summed E-state index contributed by atoms with van der Waals surface area (Å²) in [6, 6.07) is 3.57. The van der Waals surface area contributed by atoms with Crippen molar-refractivity contribution in [3.05, 3.63) is 27.7 Å². The highest BCUT2D eigenvalue weighted by molar-refractivity contribution is 9.10. The van der Waals surface area contributed by atoms with Gasteiger partial charge in [0.2, 0.25) is 10.0 Å². The van der Waals surface area contributed by atoms with Crippen molar-refractivity contribution < 1.29 is 8.42 Å². The van der Waals surface area contributed by atoms with Crippen LogP contribution in [-0.4, -0.2) is 14.0 Å². The zero-order chi connectivity index (χ0) is 16.6. The van der Waals surface area contributed by atoms with E-state index in [1.54, 1.807) is 6.07 Å². The third kappa shape index (κ3) is 5.38. The molecule has 0 atom stereocenters. The van der Waals surface area contributed by atoms with Crippen LogP contribution in [0, 0.1) is 19.3 Å². The summed E-state index contributed by atoms with van der Waals surface area (Å²) in [7, 11) is -3.54. The second-order valence-corrected chi connectivity index (χ2v) is 10.1. The van der Waals surface area contributed by atoms with Crippen LogP contribution >= 0.6 is 15.9 Å². The van der Waals surface area contributed by atoms with Crippen molar-refractivity contribution in [3.8, 4) is 0 Å². The molecule has 0 bridgehead atoms. The average Bonchev–Trinajstić information content (AvgIpc) is 2.17. The molecule has 3 nitrogen and oxygen atoms in total. The lowest BCUT2D eigenvalue weighted by atomic mass is 9.82. The molecule has 0 spiro atoms. The molecule has 0 aliphatic rings. The van der Waals surface area contributed by atoms with Crippen LogP contribution in [0.4, 0.5) is 0 Å². The van der Waals surface area contributed by atoms with Crippen LogP contribution in [0.1, 0.15) is 52.2 Å². The average molecular weight is 376 g/mol. The Morgan fingerprint density at radius 3 is 2.05 bits per heavy atom. The van der Waals surface area contributed by atoms with Gasteiger partial charge < -0.3 is 0 Å². The number of hydrogen-bond donors (Lipinski definition) is 1. The third-order valence-electron chi connectivity index (χ3n) is 3.13. The maximum atomic E-state index is 12.7. The van der Waals surface area contributed by atoms with Gasteiger partial charge >= 0.3 is 0 Å². The van der Waals surface area contributed by atoms with Gasteiger partial charge in [0.05, 0.1) is 4.90 Å². The first-order valence-corrected chi connectivity index (χ1v) is 9.32. The monoisotopic (exact) mass is 375 g/mol. The molecule has 21 heavy (non-hydrogen) atoms. The van der Waals surface area contributed by atoms with Crippen molar-refractivity contribution in [1.82, 2.24) is 4.72 Å². The Labute approximate surface area is 137 Å². The molecule has 0 fully saturated rings. The Morgan fingerprint density at radius 1 is 1.05 bits per heavy atom. The van der Waals surface area contributed by atoms with Crippen molar-refractivity contribution in [2.24, 2.45) is 5.41 Å². The highest BCUT2D eigenvalue weighted by Crippen LogP contribution is 2.30. The minimum atomic E-state index is -3.54.